The number of benzene rings is 1. The van der Waals surface area contributed by atoms with Gasteiger partial charge in [-0.15, -0.1) is 0 Å². The first-order valence-electron chi connectivity index (χ1n) is 7.12. The summed E-state index contributed by atoms with van der Waals surface area (Å²) < 4.78 is 10.6. The van der Waals surface area contributed by atoms with E-state index >= 15 is 0 Å². The van der Waals surface area contributed by atoms with Crippen LogP contribution in [0.4, 0.5) is 0 Å². The maximum atomic E-state index is 11.9. The molecule has 0 aliphatic heterocycles. The predicted molar refractivity (Wildman–Crippen MR) is 78.7 cm³/mol. The van der Waals surface area contributed by atoms with Crippen molar-refractivity contribution in [3.8, 4) is 5.75 Å². The molecule has 0 N–H and O–H groups in total. The Labute approximate surface area is 120 Å². The molecule has 108 valence electrons. The lowest BCUT2D eigenvalue weighted by atomic mass is 9.85. The van der Waals surface area contributed by atoms with E-state index in [2.05, 4.69) is 19.1 Å². The Balaban J connectivity index is 1.81. The molecule has 2 rings (SSSR count). The second-order valence-electron chi connectivity index (χ2n) is 5.39. The van der Waals surface area contributed by atoms with Crippen LogP contribution in [0.3, 0.4) is 0 Å². The molecule has 3 heteroatoms. The van der Waals surface area contributed by atoms with Crippen LogP contribution in [-0.2, 0) is 16.0 Å². The number of carbonyl (C=O) groups is 1. The lowest BCUT2D eigenvalue weighted by Crippen LogP contribution is -2.22. The minimum absolute atomic E-state index is 0.167. The Bertz CT molecular complexity index is 479. The third-order valence-corrected chi connectivity index (χ3v) is 3.86. The quantitative estimate of drug-likeness (QED) is 0.610. The van der Waals surface area contributed by atoms with Gasteiger partial charge in [0, 0.05) is 0 Å². The van der Waals surface area contributed by atoms with Gasteiger partial charge in [0.15, 0.2) is 0 Å². The summed E-state index contributed by atoms with van der Waals surface area (Å²) in [7, 11) is 1.62. The summed E-state index contributed by atoms with van der Waals surface area (Å²) in [5.74, 6) is 1.64. The average molecular weight is 274 g/mol. The second-order valence-corrected chi connectivity index (χ2v) is 5.39. The second kappa shape index (κ2) is 7.13. The summed E-state index contributed by atoms with van der Waals surface area (Å²) in [6.07, 6.45) is 6.78. The SMILES string of the molecule is COc1cccc(CC(=O)OC[C@H]2CC=CC[C@H]2C)c1. The van der Waals surface area contributed by atoms with Crippen molar-refractivity contribution >= 4 is 5.97 Å². The molecule has 0 unspecified atom stereocenters. The van der Waals surface area contributed by atoms with Crippen LogP contribution >= 0.6 is 0 Å². The maximum absolute atomic E-state index is 11.9. The lowest BCUT2D eigenvalue weighted by Gasteiger charge is -2.24. The zero-order valence-corrected chi connectivity index (χ0v) is 12.2. The van der Waals surface area contributed by atoms with Crippen molar-refractivity contribution in [1.82, 2.24) is 0 Å². The van der Waals surface area contributed by atoms with Gasteiger partial charge < -0.3 is 9.47 Å². The normalized spacial score (nSPS) is 21.5. The molecule has 1 aliphatic rings. The fraction of sp³-hybridized carbons (Fsp3) is 0.471. The molecule has 0 amide bonds. The molecule has 2 atom stereocenters. The minimum Gasteiger partial charge on any atom is -0.497 e. The highest BCUT2D eigenvalue weighted by Crippen LogP contribution is 2.25. The van der Waals surface area contributed by atoms with Crippen LogP contribution in [0.25, 0.3) is 0 Å². The Kier molecular flexibility index (Phi) is 5.22. The van der Waals surface area contributed by atoms with Gasteiger partial charge in [-0.2, -0.15) is 0 Å². The molecule has 0 saturated carbocycles. The summed E-state index contributed by atoms with van der Waals surface area (Å²) in [5, 5.41) is 0. The van der Waals surface area contributed by atoms with Crippen LogP contribution in [-0.4, -0.2) is 19.7 Å². The first-order valence-corrected chi connectivity index (χ1v) is 7.12. The standard InChI is InChI=1S/C17H22O3/c1-13-6-3-4-8-15(13)12-20-17(18)11-14-7-5-9-16(10-14)19-2/h3-5,7,9-10,13,15H,6,8,11-12H2,1-2H3/t13-,15-/m1/s1. The molecule has 0 bridgehead atoms. The van der Waals surface area contributed by atoms with Gasteiger partial charge in [0.25, 0.3) is 0 Å². The van der Waals surface area contributed by atoms with Gasteiger partial charge in [-0.3, -0.25) is 4.79 Å². The number of rotatable bonds is 5. The molecule has 1 aliphatic carbocycles. The highest BCUT2D eigenvalue weighted by Gasteiger charge is 2.20. The van der Waals surface area contributed by atoms with Crippen LogP contribution in [0.2, 0.25) is 0 Å². The smallest absolute Gasteiger partial charge is 0.310 e. The molecule has 0 aromatic heterocycles. The van der Waals surface area contributed by atoms with Gasteiger partial charge in [-0.05, 0) is 42.4 Å². The molecule has 20 heavy (non-hydrogen) atoms. The average Bonchev–Trinajstić information content (AvgIpc) is 2.46. The maximum Gasteiger partial charge on any atom is 0.310 e. The van der Waals surface area contributed by atoms with Crippen LogP contribution < -0.4 is 4.74 Å². The first kappa shape index (κ1) is 14.6. The molecule has 0 spiro atoms. The molecule has 0 fully saturated rings. The van der Waals surface area contributed by atoms with E-state index in [0.717, 1.165) is 24.2 Å². The topological polar surface area (TPSA) is 35.5 Å². The Morgan fingerprint density at radius 2 is 2.10 bits per heavy atom. The number of hydrogen-bond donors (Lipinski definition) is 0. The van der Waals surface area contributed by atoms with Crippen molar-refractivity contribution in [2.24, 2.45) is 11.8 Å². The van der Waals surface area contributed by atoms with Gasteiger partial charge in [0.1, 0.15) is 5.75 Å². The van der Waals surface area contributed by atoms with Crippen LogP contribution in [0, 0.1) is 11.8 Å². The van der Waals surface area contributed by atoms with Crippen LogP contribution in [0.1, 0.15) is 25.3 Å². The lowest BCUT2D eigenvalue weighted by molar-refractivity contribution is -0.144. The van der Waals surface area contributed by atoms with E-state index < -0.39 is 0 Å². The Morgan fingerprint density at radius 3 is 2.85 bits per heavy atom. The number of hydrogen-bond acceptors (Lipinski definition) is 3. The van der Waals surface area contributed by atoms with Gasteiger partial charge in [0.2, 0.25) is 0 Å². The van der Waals surface area contributed by atoms with Crippen LogP contribution in [0.5, 0.6) is 5.75 Å². The van der Waals surface area contributed by atoms with Crippen molar-refractivity contribution in [2.45, 2.75) is 26.2 Å². The van der Waals surface area contributed by atoms with Gasteiger partial charge in [-0.25, -0.2) is 0 Å². The molecule has 0 radical (unpaired) electrons. The third-order valence-electron chi connectivity index (χ3n) is 3.86. The summed E-state index contributed by atoms with van der Waals surface area (Å²) >= 11 is 0. The molecular formula is C17H22O3. The Morgan fingerprint density at radius 1 is 1.30 bits per heavy atom. The first-order chi connectivity index (χ1) is 9.69. The summed E-state index contributed by atoms with van der Waals surface area (Å²) in [5.41, 5.74) is 0.922. The van der Waals surface area contributed by atoms with E-state index in [1.165, 1.54) is 0 Å². The van der Waals surface area contributed by atoms with Crippen LogP contribution in [0.15, 0.2) is 36.4 Å². The zero-order valence-electron chi connectivity index (χ0n) is 12.2. The number of ether oxygens (including phenoxy) is 2. The highest BCUT2D eigenvalue weighted by molar-refractivity contribution is 5.72. The van der Waals surface area contributed by atoms with E-state index in [4.69, 9.17) is 9.47 Å². The molecule has 0 heterocycles. The van der Waals surface area contributed by atoms with E-state index in [0.29, 0.717) is 24.9 Å². The fourth-order valence-corrected chi connectivity index (χ4v) is 2.44. The van der Waals surface area contributed by atoms with E-state index in [9.17, 15) is 4.79 Å². The monoisotopic (exact) mass is 274 g/mol. The zero-order chi connectivity index (χ0) is 14.4. The van der Waals surface area contributed by atoms with Gasteiger partial charge >= 0.3 is 5.97 Å². The molecule has 1 aromatic rings. The van der Waals surface area contributed by atoms with Gasteiger partial charge in [-0.1, -0.05) is 31.2 Å². The molecule has 3 nitrogen and oxygen atoms in total. The van der Waals surface area contributed by atoms with Crippen molar-refractivity contribution < 1.29 is 14.3 Å². The number of carbonyl (C=O) groups excluding carboxylic acids is 1. The third kappa shape index (κ3) is 4.12. The number of methoxy groups -OCH3 is 1. The number of allylic oxidation sites excluding steroid dienone is 2. The van der Waals surface area contributed by atoms with Crippen molar-refractivity contribution in [1.29, 1.82) is 0 Å². The Hall–Kier alpha value is -1.77. The summed E-state index contributed by atoms with van der Waals surface area (Å²) in [6.45, 7) is 2.73. The minimum atomic E-state index is -0.167. The van der Waals surface area contributed by atoms with E-state index in [1.54, 1.807) is 7.11 Å². The number of esters is 1. The van der Waals surface area contributed by atoms with E-state index in [1.807, 2.05) is 24.3 Å². The highest BCUT2D eigenvalue weighted by atomic mass is 16.5. The summed E-state index contributed by atoms with van der Waals surface area (Å²) in [6, 6.07) is 7.53. The molecular weight excluding hydrogens is 252 g/mol. The molecule has 0 saturated heterocycles. The van der Waals surface area contributed by atoms with E-state index in [-0.39, 0.29) is 5.97 Å². The van der Waals surface area contributed by atoms with Crippen molar-refractivity contribution in [3.63, 3.8) is 0 Å². The largest absolute Gasteiger partial charge is 0.497 e. The summed E-state index contributed by atoms with van der Waals surface area (Å²) in [4.78, 5) is 11.9. The van der Waals surface area contributed by atoms with Gasteiger partial charge in [0.05, 0.1) is 20.1 Å². The van der Waals surface area contributed by atoms with Crippen molar-refractivity contribution in [2.75, 3.05) is 13.7 Å². The fourth-order valence-electron chi connectivity index (χ4n) is 2.44. The molecule has 1 aromatic carbocycles. The predicted octanol–water partition coefficient (Wildman–Crippen LogP) is 3.38. The van der Waals surface area contributed by atoms with Crippen molar-refractivity contribution in [3.05, 3.63) is 42.0 Å².